The third-order valence-electron chi connectivity index (χ3n) is 3.84. The summed E-state index contributed by atoms with van der Waals surface area (Å²) >= 11 is 0. The van der Waals surface area contributed by atoms with Crippen LogP contribution in [0.4, 0.5) is 0 Å². The van der Waals surface area contributed by atoms with E-state index in [0.717, 1.165) is 25.7 Å². The Morgan fingerprint density at radius 1 is 1.45 bits per heavy atom. The van der Waals surface area contributed by atoms with Crippen LogP contribution in [0.25, 0.3) is 0 Å². The minimum absolute atomic E-state index is 0.0554. The molecule has 1 unspecified atom stereocenters. The predicted octanol–water partition coefficient (Wildman–Crippen LogP) is 1.36. The lowest BCUT2D eigenvalue weighted by Crippen LogP contribution is -2.35. The van der Waals surface area contributed by atoms with Crippen molar-refractivity contribution in [3.63, 3.8) is 0 Å². The van der Waals surface area contributed by atoms with Gasteiger partial charge in [-0.1, -0.05) is 26.7 Å². The maximum atomic E-state index is 12.1. The van der Waals surface area contributed by atoms with Crippen LogP contribution in [0.15, 0.2) is 11.2 Å². The first-order chi connectivity index (χ1) is 9.40. The fraction of sp³-hybridized carbons (Fsp3) is 0.769. The van der Waals surface area contributed by atoms with E-state index in [0.29, 0.717) is 5.82 Å². The normalized spacial score (nSPS) is 18.8. The van der Waals surface area contributed by atoms with Gasteiger partial charge >= 0.3 is 0 Å². The van der Waals surface area contributed by atoms with Crippen molar-refractivity contribution in [3.8, 4) is 0 Å². The van der Waals surface area contributed by atoms with Crippen LogP contribution in [0.3, 0.4) is 0 Å². The van der Waals surface area contributed by atoms with Crippen molar-refractivity contribution in [1.29, 1.82) is 0 Å². The average Bonchev–Trinajstić information content (AvgIpc) is 3.06. The number of nitrogens with one attached hydrogen (secondary N) is 2. The van der Waals surface area contributed by atoms with Crippen LogP contribution in [0.2, 0.25) is 0 Å². The maximum absolute atomic E-state index is 12.1. The van der Waals surface area contributed by atoms with E-state index in [9.17, 15) is 13.5 Å². The van der Waals surface area contributed by atoms with Crippen LogP contribution in [0.5, 0.6) is 0 Å². The molecule has 3 N–H and O–H groups in total. The zero-order chi connectivity index (χ0) is 14.8. The zero-order valence-corrected chi connectivity index (χ0v) is 12.8. The summed E-state index contributed by atoms with van der Waals surface area (Å²) in [6, 6.07) is 0. The summed E-state index contributed by atoms with van der Waals surface area (Å²) in [5.74, 6) is 0.996. The van der Waals surface area contributed by atoms with Crippen molar-refractivity contribution in [2.45, 2.75) is 56.6 Å². The Balaban J connectivity index is 1.96. The molecule has 0 radical (unpaired) electrons. The van der Waals surface area contributed by atoms with Crippen molar-refractivity contribution in [3.05, 3.63) is 12.0 Å². The fourth-order valence-electron chi connectivity index (χ4n) is 2.53. The van der Waals surface area contributed by atoms with Gasteiger partial charge in [0.25, 0.3) is 10.0 Å². The molecule has 1 heterocycles. The van der Waals surface area contributed by atoms with Crippen LogP contribution >= 0.6 is 0 Å². The van der Waals surface area contributed by atoms with Crippen molar-refractivity contribution < 1.29 is 13.5 Å². The number of aliphatic hydroxyl groups excluding tert-OH is 1. The molecule has 20 heavy (non-hydrogen) atoms. The van der Waals surface area contributed by atoms with E-state index >= 15 is 0 Å². The van der Waals surface area contributed by atoms with Crippen LogP contribution in [-0.2, 0) is 10.0 Å². The molecule has 0 saturated heterocycles. The summed E-state index contributed by atoms with van der Waals surface area (Å²) in [6.07, 6.45) is 4.90. The second-order valence-electron chi connectivity index (χ2n) is 5.75. The Bertz CT molecular complexity index is 533. The van der Waals surface area contributed by atoms with E-state index in [2.05, 4.69) is 14.7 Å². The number of H-pyrrole nitrogens is 1. The molecule has 114 valence electrons. The topological polar surface area (TPSA) is 95.1 Å². The second-order valence-corrected chi connectivity index (χ2v) is 7.49. The largest absolute Gasteiger partial charge is 0.391 e. The molecule has 6 nitrogen and oxygen atoms in total. The van der Waals surface area contributed by atoms with E-state index in [1.807, 2.05) is 13.8 Å². The average molecular weight is 301 g/mol. The van der Waals surface area contributed by atoms with E-state index in [1.165, 1.54) is 6.20 Å². The monoisotopic (exact) mass is 301 g/mol. The summed E-state index contributed by atoms with van der Waals surface area (Å²) < 4.78 is 26.6. The molecule has 1 aromatic heterocycles. The minimum atomic E-state index is -3.63. The van der Waals surface area contributed by atoms with E-state index in [-0.39, 0.29) is 23.4 Å². The number of aromatic nitrogens is 2. The third kappa shape index (κ3) is 3.59. The maximum Gasteiger partial charge on any atom is 0.257 e. The molecule has 0 aliphatic heterocycles. The number of sulfonamides is 1. The molecule has 1 aliphatic carbocycles. The van der Waals surface area contributed by atoms with E-state index < -0.39 is 16.1 Å². The molecule has 0 spiro atoms. The lowest BCUT2D eigenvalue weighted by molar-refractivity contribution is 0.115. The van der Waals surface area contributed by atoms with Gasteiger partial charge in [0.2, 0.25) is 0 Å². The smallest absolute Gasteiger partial charge is 0.257 e. The SMILES string of the molecule is CC(C)c1ncc(S(=O)(=O)NCC(O)C2CCCC2)[nH]1. The van der Waals surface area contributed by atoms with Gasteiger partial charge < -0.3 is 10.1 Å². The van der Waals surface area contributed by atoms with Gasteiger partial charge in [0, 0.05) is 12.5 Å². The number of rotatable bonds is 6. The zero-order valence-electron chi connectivity index (χ0n) is 12.0. The highest BCUT2D eigenvalue weighted by atomic mass is 32.2. The molecule has 1 fully saturated rings. The van der Waals surface area contributed by atoms with Crippen molar-refractivity contribution in [2.24, 2.45) is 5.92 Å². The second kappa shape index (κ2) is 6.24. The summed E-state index contributed by atoms with van der Waals surface area (Å²) in [7, 11) is -3.63. The number of aromatic amines is 1. The van der Waals surface area contributed by atoms with Crippen LogP contribution < -0.4 is 4.72 Å². The highest BCUT2D eigenvalue weighted by Gasteiger charge is 2.25. The van der Waals surface area contributed by atoms with Gasteiger partial charge in [0.1, 0.15) is 5.82 Å². The number of imidazole rings is 1. The van der Waals surface area contributed by atoms with Crippen molar-refractivity contribution >= 4 is 10.0 Å². The molecular weight excluding hydrogens is 278 g/mol. The van der Waals surface area contributed by atoms with Gasteiger partial charge in [-0.25, -0.2) is 18.1 Å². The molecule has 1 aromatic rings. The lowest BCUT2D eigenvalue weighted by atomic mass is 10.0. The Kier molecular flexibility index (Phi) is 4.82. The molecule has 1 saturated carbocycles. The standard InChI is InChI=1S/C13H23N3O3S/c1-9(2)13-14-8-12(16-13)20(18,19)15-7-11(17)10-5-3-4-6-10/h8-11,15,17H,3-7H2,1-2H3,(H,14,16). The summed E-state index contributed by atoms with van der Waals surface area (Å²) in [4.78, 5) is 6.85. The fourth-order valence-corrected chi connectivity index (χ4v) is 3.51. The Morgan fingerprint density at radius 3 is 2.65 bits per heavy atom. The molecule has 0 amide bonds. The van der Waals surface area contributed by atoms with Crippen LogP contribution in [-0.4, -0.2) is 36.1 Å². The highest BCUT2D eigenvalue weighted by molar-refractivity contribution is 7.89. The van der Waals surface area contributed by atoms with E-state index in [1.54, 1.807) is 0 Å². The Labute approximate surface area is 120 Å². The Hall–Kier alpha value is -0.920. The summed E-state index contributed by atoms with van der Waals surface area (Å²) in [6.45, 7) is 3.93. The highest BCUT2D eigenvalue weighted by Crippen LogP contribution is 2.27. The van der Waals surface area contributed by atoms with Gasteiger partial charge in [-0.2, -0.15) is 0 Å². The summed E-state index contributed by atoms with van der Waals surface area (Å²) in [5.41, 5.74) is 0. The van der Waals surface area contributed by atoms with Gasteiger partial charge in [0.15, 0.2) is 5.03 Å². The number of nitrogens with zero attached hydrogens (tertiary/aromatic N) is 1. The van der Waals surface area contributed by atoms with Gasteiger partial charge in [-0.05, 0) is 18.8 Å². The first-order valence-corrected chi connectivity index (χ1v) is 8.61. The van der Waals surface area contributed by atoms with Gasteiger partial charge in [-0.3, -0.25) is 0 Å². The minimum Gasteiger partial charge on any atom is -0.391 e. The molecular formula is C13H23N3O3S. The molecule has 2 rings (SSSR count). The third-order valence-corrected chi connectivity index (χ3v) is 5.17. The summed E-state index contributed by atoms with van der Waals surface area (Å²) in [5, 5.41) is 10.1. The molecule has 7 heteroatoms. The molecule has 0 bridgehead atoms. The first kappa shape index (κ1) is 15.5. The van der Waals surface area contributed by atoms with Gasteiger partial charge in [0.05, 0.1) is 12.3 Å². The quantitative estimate of drug-likeness (QED) is 0.739. The molecule has 1 atom stereocenters. The number of aliphatic hydroxyl groups is 1. The molecule has 1 aliphatic rings. The van der Waals surface area contributed by atoms with Crippen molar-refractivity contribution in [1.82, 2.24) is 14.7 Å². The first-order valence-electron chi connectivity index (χ1n) is 7.13. The molecule has 0 aromatic carbocycles. The lowest BCUT2D eigenvalue weighted by Gasteiger charge is -2.17. The van der Waals surface area contributed by atoms with Gasteiger partial charge in [-0.15, -0.1) is 0 Å². The van der Waals surface area contributed by atoms with Crippen LogP contribution in [0.1, 0.15) is 51.3 Å². The van der Waals surface area contributed by atoms with Crippen molar-refractivity contribution in [2.75, 3.05) is 6.54 Å². The van der Waals surface area contributed by atoms with Crippen LogP contribution in [0, 0.1) is 5.92 Å². The Morgan fingerprint density at radius 2 is 2.10 bits per heavy atom. The number of hydrogen-bond donors (Lipinski definition) is 3. The number of hydrogen-bond acceptors (Lipinski definition) is 4. The predicted molar refractivity (Wildman–Crippen MR) is 75.8 cm³/mol. The van der Waals surface area contributed by atoms with E-state index in [4.69, 9.17) is 0 Å².